The van der Waals surface area contributed by atoms with Gasteiger partial charge in [-0.25, -0.2) is 0 Å². The van der Waals surface area contributed by atoms with Crippen LogP contribution in [0.3, 0.4) is 0 Å². The number of fused-ring (bicyclic) bond motifs is 5. The molecular formula is C47H40N2. The topological polar surface area (TPSA) is 8.17 Å². The van der Waals surface area contributed by atoms with Gasteiger partial charge < -0.3 is 9.47 Å². The molecule has 0 amide bonds. The van der Waals surface area contributed by atoms with E-state index in [1.165, 1.54) is 60.9 Å². The van der Waals surface area contributed by atoms with Crippen molar-refractivity contribution < 1.29 is 0 Å². The summed E-state index contributed by atoms with van der Waals surface area (Å²) < 4.78 is 2.52. The fraction of sp³-hybridized carbons (Fsp3) is 0.106. The Balaban J connectivity index is 0.00000171. The van der Waals surface area contributed by atoms with Gasteiger partial charge in [-0.1, -0.05) is 131 Å². The van der Waals surface area contributed by atoms with Crippen LogP contribution in [-0.4, -0.2) is 4.57 Å². The van der Waals surface area contributed by atoms with E-state index in [-0.39, 0.29) is 5.41 Å². The minimum Gasteiger partial charge on any atom is -0.310 e. The van der Waals surface area contributed by atoms with Crippen molar-refractivity contribution in [2.45, 2.75) is 33.1 Å². The predicted molar refractivity (Wildman–Crippen MR) is 210 cm³/mol. The second kappa shape index (κ2) is 12.3. The number of rotatable bonds is 5. The maximum Gasteiger partial charge on any atom is 0.0582 e. The molecule has 0 spiro atoms. The molecule has 0 saturated heterocycles. The monoisotopic (exact) mass is 632 g/mol. The fourth-order valence-corrected chi connectivity index (χ4v) is 7.59. The Bertz CT molecular complexity index is 2370. The molecule has 0 saturated carbocycles. The highest BCUT2D eigenvalue weighted by Crippen LogP contribution is 2.51. The third kappa shape index (κ3) is 5.03. The zero-order valence-corrected chi connectivity index (χ0v) is 28.6. The summed E-state index contributed by atoms with van der Waals surface area (Å²) in [6.45, 7) is 8.79. The second-order valence-corrected chi connectivity index (χ2v) is 13.1. The standard InChI is InChI=1S/C45H34N2.C2H6/c1-45(2)40-30-37(46(35-19-11-5-12-20-35)36-21-13-6-14-22-36)24-26-43(40)47-42-25-23-33(31-15-7-3-8-16-31)27-38(42)39-28-34(29-41(45)44(39)47)32-17-9-4-10-18-32;1-2/h3-30H,1-2H3;1-2H3. The van der Waals surface area contributed by atoms with E-state index in [1.54, 1.807) is 0 Å². The summed E-state index contributed by atoms with van der Waals surface area (Å²) in [5.41, 5.74) is 14.6. The van der Waals surface area contributed by atoms with E-state index in [1.807, 2.05) is 13.8 Å². The first-order chi connectivity index (χ1) is 24.1. The van der Waals surface area contributed by atoms with Crippen LogP contribution < -0.4 is 4.90 Å². The van der Waals surface area contributed by atoms with Crippen molar-refractivity contribution in [3.63, 3.8) is 0 Å². The first kappa shape index (κ1) is 30.5. The quantitative estimate of drug-likeness (QED) is 0.183. The lowest BCUT2D eigenvalue weighted by Crippen LogP contribution is -2.27. The molecule has 0 radical (unpaired) electrons. The van der Waals surface area contributed by atoms with E-state index in [2.05, 4.69) is 193 Å². The average Bonchev–Trinajstić information content (AvgIpc) is 3.50. The molecule has 2 heterocycles. The van der Waals surface area contributed by atoms with Gasteiger partial charge in [0, 0.05) is 33.2 Å². The molecule has 0 unspecified atom stereocenters. The molecular weight excluding hydrogens is 593 g/mol. The molecule has 49 heavy (non-hydrogen) atoms. The third-order valence-corrected chi connectivity index (χ3v) is 9.93. The second-order valence-electron chi connectivity index (χ2n) is 13.1. The Hall–Kier alpha value is -5.86. The molecule has 0 fully saturated rings. The van der Waals surface area contributed by atoms with Crippen molar-refractivity contribution in [1.29, 1.82) is 0 Å². The largest absolute Gasteiger partial charge is 0.310 e. The fourth-order valence-electron chi connectivity index (χ4n) is 7.59. The van der Waals surface area contributed by atoms with Crippen LogP contribution in [0.25, 0.3) is 49.7 Å². The third-order valence-electron chi connectivity index (χ3n) is 9.93. The van der Waals surface area contributed by atoms with Crippen LogP contribution in [0.2, 0.25) is 0 Å². The van der Waals surface area contributed by atoms with Crippen LogP contribution in [0.15, 0.2) is 170 Å². The normalized spacial score (nSPS) is 12.7. The molecule has 1 aliphatic heterocycles. The zero-order valence-electron chi connectivity index (χ0n) is 28.6. The summed E-state index contributed by atoms with van der Waals surface area (Å²) >= 11 is 0. The van der Waals surface area contributed by atoms with Crippen LogP contribution in [-0.2, 0) is 5.41 Å². The highest BCUT2D eigenvalue weighted by atomic mass is 15.1. The molecule has 7 aromatic carbocycles. The Morgan fingerprint density at radius 2 is 0.959 bits per heavy atom. The van der Waals surface area contributed by atoms with Gasteiger partial charge in [-0.3, -0.25) is 0 Å². The van der Waals surface area contributed by atoms with Gasteiger partial charge in [0.15, 0.2) is 0 Å². The van der Waals surface area contributed by atoms with Gasteiger partial charge in [-0.05, 0) is 100 Å². The minimum absolute atomic E-state index is 0.250. The average molecular weight is 633 g/mol. The molecule has 9 rings (SSSR count). The van der Waals surface area contributed by atoms with Crippen molar-refractivity contribution in [1.82, 2.24) is 4.57 Å². The number of nitrogens with zero attached hydrogens (tertiary/aromatic N) is 2. The molecule has 0 N–H and O–H groups in total. The number of hydrogen-bond donors (Lipinski definition) is 0. The predicted octanol–water partition coefficient (Wildman–Crippen LogP) is 13.3. The van der Waals surface area contributed by atoms with E-state index in [4.69, 9.17) is 0 Å². The number of anilines is 3. The van der Waals surface area contributed by atoms with Crippen molar-refractivity contribution in [3.05, 3.63) is 181 Å². The molecule has 238 valence electrons. The van der Waals surface area contributed by atoms with Crippen LogP contribution in [0.5, 0.6) is 0 Å². The van der Waals surface area contributed by atoms with Gasteiger partial charge in [-0.15, -0.1) is 0 Å². The molecule has 1 aromatic heterocycles. The maximum atomic E-state index is 2.52. The lowest BCUT2D eigenvalue weighted by molar-refractivity contribution is 0.630. The van der Waals surface area contributed by atoms with E-state index in [9.17, 15) is 0 Å². The van der Waals surface area contributed by atoms with Gasteiger partial charge in [0.1, 0.15) is 0 Å². The van der Waals surface area contributed by atoms with Crippen molar-refractivity contribution in [2.75, 3.05) is 4.90 Å². The summed E-state index contributed by atoms with van der Waals surface area (Å²) in [6, 6.07) is 61.8. The molecule has 1 aliphatic rings. The SMILES string of the molecule is CC.CC1(C)c2cc(N(c3ccccc3)c3ccccc3)ccc2-n2c3ccc(-c4ccccc4)cc3c3cc(-c4ccccc4)cc1c32. The first-order valence-corrected chi connectivity index (χ1v) is 17.4. The van der Waals surface area contributed by atoms with Crippen LogP contribution in [0.1, 0.15) is 38.8 Å². The highest BCUT2D eigenvalue weighted by molar-refractivity contribution is 6.14. The molecule has 0 aliphatic carbocycles. The van der Waals surface area contributed by atoms with E-state index in [0.29, 0.717) is 0 Å². The maximum absolute atomic E-state index is 2.52. The zero-order chi connectivity index (χ0) is 33.5. The lowest BCUT2D eigenvalue weighted by Gasteiger charge is -2.36. The summed E-state index contributed by atoms with van der Waals surface area (Å²) in [7, 11) is 0. The molecule has 2 nitrogen and oxygen atoms in total. The molecule has 0 atom stereocenters. The molecule has 0 bridgehead atoms. The van der Waals surface area contributed by atoms with Gasteiger partial charge in [0.2, 0.25) is 0 Å². The molecule has 8 aromatic rings. The van der Waals surface area contributed by atoms with Crippen molar-refractivity contribution in [3.8, 4) is 27.9 Å². The van der Waals surface area contributed by atoms with Crippen molar-refractivity contribution >= 4 is 38.9 Å². The van der Waals surface area contributed by atoms with Crippen molar-refractivity contribution in [2.24, 2.45) is 0 Å². The molecule has 2 heteroatoms. The number of hydrogen-bond acceptors (Lipinski definition) is 1. The summed E-state index contributed by atoms with van der Waals surface area (Å²) in [6.07, 6.45) is 0. The summed E-state index contributed by atoms with van der Waals surface area (Å²) in [5.74, 6) is 0. The number of benzene rings is 7. The Kier molecular flexibility index (Phi) is 7.65. The Morgan fingerprint density at radius 3 is 1.55 bits per heavy atom. The van der Waals surface area contributed by atoms with E-state index >= 15 is 0 Å². The van der Waals surface area contributed by atoms with Crippen LogP contribution >= 0.6 is 0 Å². The van der Waals surface area contributed by atoms with Gasteiger partial charge in [-0.2, -0.15) is 0 Å². The lowest BCUT2D eigenvalue weighted by atomic mass is 9.73. The summed E-state index contributed by atoms with van der Waals surface area (Å²) in [5, 5.41) is 2.58. The van der Waals surface area contributed by atoms with Gasteiger partial charge in [0.25, 0.3) is 0 Å². The highest BCUT2D eigenvalue weighted by Gasteiger charge is 2.36. The first-order valence-electron chi connectivity index (χ1n) is 17.4. The Morgan fingerprint density at radius 1 is 0.429 bits per heavy atom. The summed E-state index contributed by atoms with van der Waals surface area (Å²) in [4.78, 5) is 2.36. The smallest absolute Gasteiger partial charge is 0.0582 e. The van der Waals surface area contributed by atoms with Gasteiger partial charge in [0.05, 0.1) is 16.7 Å². The number of para-hydroxylation sites is 2. The van der Waals surface area contributed by atoms with E-state index < -0.39 is 0 Å². The minimum atomic E-state index is -0.250. The Labute approximate surface area is 289 Å². The van der Waals surface area contributed by atoms with Crippen LogP contribution in [0.4, 0.5) is 17.1 Å². The van der Waals surface area contributed by atoms with Crippen LogP contribution in [0, 0.1) is 0 Å². The van der Waals surface area contributed by atoms with E-state index in [0.717, 1.165) is 17.1 Å². The van der Waals surface area contributed by atoms with Gasteiger partial charge >= 0.3 is 0 Å². The number of aromatic nitrogens is 1.